The van der Waals surface area contributed by atoms with Gasteiger partial charge < -0.3 is 10.4 Å². The number of carboxylic acid groups (broad SMARTS) is 1. The number of aromatic carboxylic acids is 1. The number of carbonyl (C=O) groups is 1. The van der Waals surface area contributed by atoms with Gasteiger partial charge in [0.2, 0.25) is 0 Å². The van der Waals surface area contributed by atoms with Gasteiger partial charge in [-0.25, -0.2) is 9.78 Å². The number of anilines is 1. The summed E-state index contributed by atoms with van der Waals surface area (Å²) in [6, 6.07) is 1.43. The molecule has 6 heteroatoms. The van der Waals surface area contributed by atoms with Gasteiger partial charge in [0.15, 0.2) is 0 Å². The minimum Gasteiger partial charge on any atom is -0.478 e. The first kappa shape index (κ1) is 13.9. The number of pyridine rings is 1. The Morgan fingerprint density at radius 1 is 1.71 bits per heavy atom. The number of hydrogen-bond donors (Lipinski definition) is 2. The molecule has 0 aliphatic heterocycles. The summed E-state index contributed by atoms with van der Waals surface area (Å²) in [6.45, 7) is 4.34. The number of rotatable bonds is 7. The fraction of sp³-hybridized carbons (Fsp3) is 0.273. The van der Waals surface area contributed by atoms with Gasteiger partial charge in [-0.05, 0) is 6.07 Å². The highest BCUT2D eigenvalue weighted by Gasteiger charge is 2.09. The maximum absolute atomic E-state index is 10.8. The number of halogens is 1. The van der Waals surface area contributed by atoms with Gasteiger partial charge in [0, 0.05) is 24.2 Å². The van der Waals surface area contributed by atoms with E-state index in [0.717, 1.165) is 11.5 Å². The maximum Gasteiger partial charge on any atom is 0.337 e. The zero-order valence-electron chi connectivity index (χ0n) is 9.15. The zero-order chi connectivity index (χ0) is 12.7. The van der Waals surface area contributed by atoms with E-state index in [1.54, 1.807) is 11.8 Å². The molecule has 1 heterocycles. The van der Waals surface area contributed by atoms with Crippen molar-refractivity contribution in [1.29, 1.82) is 0 Å². The lowest BCUT2D eigenvalue weighted by Crippen LogP contribution is -2.07. The van der Waals surface area contributed by atoms with Gasteiger partial charge in [-0.15, -0.1) is 6.58 Å². The van der Waals surface area contributed by atoms with E-state index in [9.17, 15) is 4.79 Å². The van der Waals surface area contributed by atoms with Gasteiger partial charge in [-0.3, -0.25) is 0 Å². The summed E-state index contributed by atoms with van der Waals surface area (Å²) in [5.74, 6) is 1.27. The van der Waals surface area contributed by atoms with E-state index in [-0.39, 0.29) is 10.6 Å². The Balaban J connectivity index is 2.51. The Morgan fingerprint density at radius 3 is 3.12 bits per heavy atom. The number of nitrogens with zero attached hydrogens (tertiary/aromatic N) is 1. The minimum absolute atomic E-state index is 0.0583. The van der Waals surface area contributed by atoms with E-state index >= 15 is 0 Å². The molecular formula is C11H13ClN2O2S. The topological polar surface area (TPSA) is 62.2 Å². The molecule has 0 bridgehead atoms. The van der Waals surface area contributed by atoms with Crippen LogP contribution in [0.3, 0.4) is 0 Å². The first-order chi connectivity index (χ1) is 8.15. The van der Waals surface area contributed by atoms with Gasteiger partial charge >= 0.3 is 5.97 Å². The molecule has 1 rings (SSSR count). The van der Waals surface area contributed by atoms with Crippen LogP contribution in [-0.2, 0) is 0 Å². The van der Waals surface area contributed by atoms with Crippen molar-refractivity contribution in [3.63, 3.8) is 0 Å². The molecule has 0 unspecified atom stereocenters. The number of hydrogen-bond acceptors (Lipinski definition) is 4. The average Bonchev–Trinajstić information content (AvgIpc) is 2.30. The first-order valence-corrected chi connectivity index (χ1v) is 6.49. The Kier molecular flexibility index (Phi) is 5.86. The quantitative estimate of drug-likeness (QED) is 0.590. The molecule has 4 nitrogen and oxygen atoms in total. The van der Waals surface area contributed by atoms with Crippen LogP contribution in [0.15, 0.2) is 24.9 Å². The molecule has 0 atom stereocenters. The van der Waals surface area contributed by atoms with Crippen LogP contribution in [0.1, 0.15) is 10.4 Å². The Labute approximate surface area is 109 Å². The predicted molar refractivity (Wildman–Crippen MR) is 72.2 cm³/mol. The number of nitrogens with one attached hydrogen (secondary N) is 1. The lowest BCUT2D eigenvalue weighted by Gasteiger charge is -2.06. The molecule has 0 aliphatic carbocycles. The Morgan fingerprint density at radius 2 is 2.47 bits per heavy atom. The van der Waals surface area contributed by atoms with E-state index in [1.165, 1.54) is 12.3 Å². The highest BCUT2D eigenvalue weighted by molar-refractivity contribution is 7.99. The smallest absolute Gasteiger partial charge is 0.337 e. The average molecular weight is 273 g/mol. The molecule has 17 heavy (non-hydrogen) atoms. The van der Waals surface area contributed by atoms with Crippen molar-refractivity contribution in [3.8, 4) is 0 Å². The van der Waals surface area contributed by atoms with Crippen molar-refractivity contribution in [2.24, 2.45) is 0 Å². The van der Waals surface area contributed by atoms with Gasteiger partial charge in [0.1, 0.15) is 5.82 Å². The van der Waals surface area contributed by atoms with Crippen LogP contribution in [-0.4, -0.2) is 34.1 Å². The fourth-order valence-corrected chi connectivity index (χ4v) is 1.88. The summed E-state index contributed by atoms with van der Waals surface area (Å²) in [5, 5.41) is 12.1. The molecule has 0 radical (unpaired) electrons. The van der Waals surface area contributed by atoms with Crippen LogP contribution in [0.5, 0.6) is 0 Å². The van der Waals surface area contributed by atoms with E-state index in [2.05, 4.69) is 16.9 Å². The minimum atomic E-state index is -1.05. The maximum atomic E-state index is 10.8. The van der Waals surface area contributed by atoms with Crippen molar-refractivity contribution in [3.05, 3.63) is 35.5 Å². The summed E-state index contributed by atoms with van der Waals surface area (Å²) >= 11 is 7.44. The van der Waals surface area contributed by atoms with Crippen molar-refractivity contribution in [2.75, 3.05) is 23.4 Å². The predicted octanol–water partition coefficient (Wildman–Crippen LogP) is 2.76. The van der Waals surface area contributed by atoms with Gasteiger partial charge in [0.25, 0.3) is 0 Å². The normalized spacial score (nSPS) is 9.94. The lowest BCUT2D eigenvalue weighted by atomic mass is 10.2. The number of thioether (sulfide) groups is 1. The van der Waals surface area contributed by atoms with Crippen molar-refractivity contribution in [2.45, 2.75) is 0 Å². The third-order valence-electron chi connectivity index (χ3n) is 1.87. The molecule has 1 aromatic rings. The van der Waals surface area contributed by atoms with Crippen molar-refractivity contribution >= 4 is 35.1 Å². The molecule has 0 amide bonds. The zero-order valence-corrected chi connectivity index (χ0v) is 10.7. The Hall–Kier alpha value is -1.20. The molecule has 0 saturated heterocycles. The van der Waals surface area contributed by atoms with Gasteiger partial charge in [-0.2, -0.15) is 11.8 Å². The molecule has 0 fully saturated rings. The van der Waals surface area contributed by atoms with E-state index in [1.807, 2.05) is 6.08 Å². The Bertz CT molecular complexity index is 412. The summed E-state index contributed by atoms with van der Waals surface area (Å²) in [5.41, 5.74) is 0.0583. The molecule has 1 aromatic heterocycles. The SMILES string of the molecule is C=CCSCCNc1cc(C(=O)O)c(Cl)cn1. The number of carboxylic acids is 1. The first-order valence-electron chi connectivity index (χ1n) is 4.96. The van der Waals surface area contributed by atoms with E-state index in [4.69, 9.17) is 16.7 Å². The molecule has 92 valence electrons. The second kappa shape index (κ2) is 7.19. The summed E-state index contributed by atoms with van der Waals surface area (Å²) < 4.78 is 0. The van der Waals surface area contributed by atoms with Gasteiger partial charge in [-0.1, -0.05) is 17.7 Å². The highest BCUT2D eigenvalue weighted by atomic mass is 35.5. The molecule has 0 saturated carbocycles. The third-order valence-corrected chi connectivity index (χ3v) is 3.14. The van der Waals surface area contributed by atoms with E-state index < -0.39 is 5.97 Å². The molecule has 2 N–H and O–H groups in total. The van der Waals surface area contributed by atoms with Gasteiger partial charge in [0.05, 0.1) is 10.6 Å². The van der Waals surface area contributed by atoms with Crippen LogP contribution in [0.25, 0.3) is 0 Å². The standard InChI is InChI=1S/C11H13ClN2O2S/c1-2-4-17-5-3-13-10-6-8(11(15)16)9(12)7-14-10/h2,6-7H,1,3-5H2,(H,13,14)(H,15,16). The highest BCUT2D eigenvalue weighted by Crippen LogP contribution is 2.17. The largest absolute Gasteiger partial charge is 0.478 e. The van der Waals surface area contributed by atoms with Crippen LogP contribution in [0.4, 0.5) is 5.82 Å². The molecule has 0 aromatic carbocycles. The summed E-state index contributed by atoms with van der Waals surface area (Å²) in [4.78, 5) is 14.8. The van der Waals surface area contributed by atoms with Crippen LogP contribution in [0, 0.1) is 0 Å². The third kappa shape index (κ3) is 4.66. The van der Waals surface area contributed by atoms with E-state index in [0.29, 0.717) is 12.4 Å². The van der Waals surface area contributed by atoms with Crippen LogP contribution in [0.2, 0.25) is 5.02 Å². The fourth-order valence-electron chi connectivity index (χ4n) is 1.12. The van der Waals surface area contributed by atoms with Crippen LogP contribution < -0.4 is 5.32 Å². The second-order valence-corrected chi connectivity index (χ2v) is 4.70. The van der Waals surface area contributed by atoms with Crippen molar-refractivity contribution < 1.29 is 9.90 Å². The molecule has 0 aliphatic rings. The summed E-state index contributed by atoms with van der Waals surface area (Å²) in [6.07, 6.45) is 3.18. The summed E-state index contributed by atoms with van der Waals surface area (Å²) in [7, 11) is 0. The molecular weight excluding hydrogens is 260 g/mol. The monoisotopic (exact) mass is 272 g/mol. The van der Waals surface area contributed by atoms with Crippen molar-refractivity contribution in [1.82, 2.24) is 4.98 Å². The number of aromatic nitrogens is 1. The lowest BCUT2D eigenvalue weighted by molar-refractivity contribution is 0.0697. The second-order valence-electron chi connectivity index (χ2n) is 3.14. The van der Waals surface area contributed by atoms with Crippen LogP contribution >= 0.6 is 23.4 Å². The molecule has 0 spiro atoms.